The molecule has 0 bridgehead atoms. The monoisotopic (exact) mass is 251 g/mol. The predicted molar refractivity (Wildman–Crippen MR) is 67.3 cm³/mol. The summed E-state index contributed by atoms with van der Waals surface area (Å²) in [6.45, 7) is 0. The van der Waals surface area contributed by atoms with Crippen molar-refractivity contribution in [3.05, 3.63) is 52.5 Å². The Labute approximate surface area is 105 Å². The zero-order chi connectivity index (χ0) is 11.5. The number of hydrogen-bond acceptors (Lipinski definition) is 1. The maximum Gasteiger partial charge on any atom is 0.134 e. The summed E-state index contributed by atoms with van der Waals surface area (Å²) in [7, 11) is 1.60. The van der Waals surface area contributed by atoms with Gasteiger partial charge in [0.1, 0.15) is 5.75 Å². The van der Waals surface area contributed by atoms with E-state index in [1.54, 1.807) is 25.3 Å². The lowest BCUT2D eigenvalue weighted by Gasteiger charge is -2.10. The standard InChI is InChI=1S/C13H9Cl2O/c1-16-12-8-3-2-5-9(12)13-10(14)6-4-7-11(13)15/h2-7H,1H3. The number of ether oxygens (including phenoxy) is 1. The molecule has 1 nitrogen and oxygen atoms in total. The quantitative estimate of drug-likeness (QED) is 0.766. The predicted octanol–water partition coefficient (Wildman–Crippen LogP) is 4.47. The van der Waals surface area contributed by atoms with E-state index in [2.05, 4.69) is 6.07 Å². The Hall–Kier alpha value is -1.18. The second-order valence-corrected chi connectivity index (χ2v) is 4.03. The molecule has 16 heavy (non-hydrogen) atoms. The van der Waals surface area contributed by atoms with Gasteiger partial charge in [0, 0.05) is 17.2 Å². The Morgan fingerprint density at radius 2 is 1.75 bits per heavy atom. The first kappa shape index (κ1) is 11.3. The molecular formula is C13H9Cl2O. The maximum absolute atomic E-state index is 6.14. The minimum atomic E-state index is 0.602. The fraction of sp³-hybridized carbons (Fsp3) is 0.0769. The van der Waals surface area contributed by atoms with E-state index >= 15 is 0 Å². The summed E-state index contributed by atoms with van der Waals surface area (Å²) in [4.78, 5) is 0. The summed E-state index contributed by atoms with van der Waals surface area (Å²) in [5.74, 6) is 0.637. The molecular weight excluding hydrogens is 243 g/mol. The topological polar surface area (TPSA) is 9.23 Å². The first-order chi connectivity index (χ1) is 7.74. The van der Waals surface area contributed by atoms with Crippen LogP contribution in [0.4, 0.5) is 0 Å². The van der Waals surface area contributed by atoms with Crippen LogP contribution in [-0.2, 0) is 0 Å². The molecule has 0 aliphatic carbocycles. The SMILES string of the molecule is COc1[c]cccc1-c1c(Cl)cccc1Cl. The zero-order valence-electron chi connectivity index (χ0n) is 8.63. The van der Waals surface area contributed by atoms with Gasteiger partial charge in [0.2, 0.25) is 0 Å². The highest BCUT2D eigenvalue weighted by Gasteiger charge is 2.12. The first-order valence-corrected chi connectivity index (χ1v) is 5.48. The molecule has 0 fully saturated rings. The van der Waals surface area contributed by atoms with Crippen molar-refractivity contribution in [2.24, 2.45) is 0 Å². The van der Waals surface area contributed by atoms with Gasteiger partial charge < -0.3 is 4.74 Å². The van der Waals surface area contributed by atoms with Crippen LogP contribution in [-0.4, -0.2) is 7.11 Å². The molecule has 0 unspecified atom stereocenters. The third-order valence-electron chi connectivity index (χ3n) is 2.25. The molecule has 3 heteroatoms. The summed E-state index contributed by atoms with van der Waals surface area (Å²) in [6.07, 6.45) is 0. The number of methoxy groups -OCH3 is 1. The van der Waals surface area contributed by atoms with Gasteiger partial charge in [-0.2, -0.15) is 0 Å². The molecule has 2 aromatic carbocycles. The lowest BCUT2D eigenvalue weighted by molar-refractivity contribution is 0.415. The van der Waals surface area contributed by atoms with Gasteiger partial charge in [-0.25, -0.2) is 0 Å². The fourth-order valence-electron chi connectivity index (χ4n) is 1.54. The van der Waals surface area contributed by atoms with Gasteiger partial charge in [0.05, 0.1) is 17.2 Å². The molecule has 0 saturated carbocycles. The molecule has 0 aliphatic heterocycles. The van der Waals surface area contributed by atoms with Gasteiger partial charge in [0.15, 0.2) is 0 Å². The van der Waals surface area contributed by atoms with E-state index in [0.717, 1.165) is 11.1 Å². The van der Waals surface area contributed by atoms with Crippen molar-refractivity contribution in [1.29, 1.82) is 0 Å². The maximum atomic E-state index is 6.14. The van der Waals surface area contributed by atoms with E-state index in [1.807, 2.05) is 18.2 Å². The Morgan fingerprint density at radius 1 is 1.06 bits per heavy atom. The molecule has 0 aliphatic rings. The minimum Gasteiger partial charge on any atom is -0.495 e. The molecule has 2 aromatic rings. The highest BCUT2D eigenvalue weighted by atomic mass is 35.5. The summed E-state index contributed by atoms with van der Waals surface area (Å²) in [6, 6.07) is 14.0. The number of rotatable bonds is 2. The van der Waals surface area contributed by atoms with Crippen LogP contribution in [0.2, 0.25) is 10.0 Å². The average Bonchev–Trinajstić information content (AvgIpc) is 2.29. The molecule has 0 atom stereocenters. The van der Waals surface area contributed by atoms with Crippen molar-refractivity contribution in [2.45, 2.75) is 0 Å². The van der Waals surface area contributed by atoms with Crippen LogP contribution >= 0.6 is 23.2 Å². The third kappa shape index (κ3) is 2.01. The number of para-hydroxylation sites is 1. The van der Waals surface area contributed by atoms with E-state index in [9.17, 15) is 0 Å². The molecule has 0 spiro atoms. The van der Waals surface area contributed by atoms with E-state index < -0.39 is 0 Å². The Morgan fingerprint density at radius 3 is 2.38 bits per heavy atom. The van der Waals surface area contributed by atoms with Crippen molar-refractivity contribution in [3.8, 4) is 16.9 Å². The van der Waals surface area contributed by atoms with Gasteiger partial charge in [-0.15, -0.1) is 0 Å². The lowest BCUT2D eigenvalue weighted by atomic mass is 10.0. The normalized spacial score (nSPS) is 10.2. The van der Waals surface area contributed by atoms with Crippen molar-refractivity contribution in [3.63, 3.8) is 0 Å². The van der Waals surface area contributed by atoms with E-state index in [1.165, 1.54) is 0 Å². The van der Waals surface area contributed by atoms with Crippen LogP contribution in [0, 0.1) is 6.07 Å². The van der Waals surface area contributed by atoms with Crippen LogP contribution in [0.15, 0.2) is 36.4 Å². The lowest BCUT2D eigenvalue weighted by Crippen LogP contribution is -1.89. The molecule has 1 radical (unpaired) electrons. The van der Waals surface area contributed by atoms with Crippen LogP contribution in [0.25, 0.3) is 11.1 Å². The fourth-order valence-corrected chi connectivity index (χ4v) is 2.14. The van der Waals surface area contributed by atoms with Crippen LogP contribution in [0.5, 0.6) is 5.75 Å². The molecule has 2 rings (SSSR count). The summed E-state index contributed by atoms with van der Waals surface area (Å²) >= 11 is 12.3. The van der Waals surface area contributed by atoms with Crippen molar-refractivity contribution < 1.29 is 4.74 Å². The summed E-state index contributed by atoms with van der Waals surface area (Å²) < 4.78 is 5.24. The number of benzene rings is 2. The van der Waals surface area contributed by atoms with Crippen LogP contribution < -0.4 is 4.74 Å². The molecule has 0 saturated heterocycles. The van der Waals surface area contributed by atoms with E-state index in [-0.39, 0.29) is 0 Å². The first-order valence-electron chi connectivity index (χ1n) is 4.73. The van der Waals surface area contributed by atoms with Crippen molar-refractivity contribution in [1.82, 2.24) is 0 Å². The summed E-state index contributed by atoms with van der Waals surface area (Å²) in [5, 5.41) is 1.20. The Bertz CT molecular complexity index is 489. The molecule has 0 heterocycles. The largest absolute Gasteiger partial charge is 0.495 e. The smallest absolute Gasteiger partial charge is 0.134 e. The van der Waals surface area contributed by atoms with Gasteiger partial charge in [-0.3, -0.25) is 0 Å². The highest BCUT2D eigenvalue weighted by molar-refractivity contribution is 6.39. The second kappa shape index (κ2) is 4.77. The Kier molecular flexibility index (Phi) is 3.37. The van der Waals surface area contributed by atoms with Crippen LogP contribution in [0.3, 0.4) is 0 Å². The third-order valence-corrected chi connectivity index (χ3v) is 2.88. The second-order valence-electron chi connectivity index (χ2n) is 3.21. The van der Waals surface area contributed by atoms with Gasteiger partial charge in [-0.05, 0) is 12.1 Å². The summed E-state index contributed by atoms with van der Waals surface area (Å²) in [5.41, 5.74) is 1.63. The Balaban J connectivity index is 2.67. The number of halogens is 2. The van der Waals surface area contributed by atoms with Gasteiger partial charge >= 0.3 is 0 Å². The molecule has 0 amide bonds. The van der Waals surface area contributed by atoms with Gasteiger partial charge in [-0.1, -0.05) is 47.5 Å². The van der Waals surface area contributed by atoms with Gasteiger partial charge in [0.25, 0.3) is 0 Å². The number of hydrogen-bond donors (Lipinski definition) is 0. The molecule has 81 valence electrons. The van der Waals surface area contributed by atoms with E-state index in [0.29, 0.717) is 15.8 Å². The molecule has 0 aromatic heterocycles. The molecule has 0 N–H and O–H groups in total. The van der Waals surface area contributed by atoms with Crippen molar-refractivity contribution >= 4 is 23.2 Å². The van der Waals surface area contributed by atoms with E-state index in [4.69, 9.17) is 27.9 Å². The van der Waals surface area contributed by atoms with Crippen LogP contribution in [0.1, 0.15) is 0 Å². The average molecular weight is 252 g/mol. The highest BCUT2D eigenvalue weighted by Crippen LogP contribution is 2.38. The zero-order valence-corrected chi connectivity index (χ0v) is 10.1. The minimum absolute atomic E-state index is 0.602. The van der Waals surface area contributed by atoms with Crippen molar-refractivity contribution in [2.75, 3.05) is 7.11 Å².